The second kappa shape index (κ2) is 6.87. The molecule has 1 saturated heterocycles. The van der Waals surface area contributed by atoms with Gasteiger partial charge in [-0.2, -0.15) is 0 Å². The summed E-state index contributed by atoms with van der Waals surface area (Å²) in [4.78, 5) is 24.4. The Bertz CT molecular complexity index is 952. The molecule has 26 heavy (non-hydrogen) atoms. The molecule has 1 aromatic carbocycles. The molecule has 0 spiro atoms. The third-order valence-corrected chi connectivity index (χ3v) is 5.17. The van der Waals surface area contributed by atoms with E-state index in [4.69, 9.17) is 4.98 Å². The lowest BCUT2D eigenvalue weighted by molar-refractivity contribution is 0.0685. The van der Waals surface area contributed by atoms with Gasteiger partial charge < -0.3 is 4.90 Å². The van der Waals surface area contributed by atoms with E-state index in [1.54, 1.807) is 12.4 Å². The summed E-state index contributed by atoms with van der Waals surface area (Å²) in [5.41, 5.74) is 4.44. The zero-order chi connectivity index (χ0) is 18.1. The van der Waals surface area contributed by atoms with Gasteiger partial charge in [0.15, 0.2) is 0 Å². The van der Waals surface area contributed by atoms with Gasteiger partial charge in [0.2, 0.25) is 0 Å². The number of pyridine rings is 2. The minimum Gasteiger partial charge on any atom is -0.338 e. The van der Waals surface area contributed by atoms with Crippen molar-refractivity contribution in [2.75, 3.05) is 13.1 Å². The van der Waals surface area contributed by atoms with Crippen molar-refractivity contribution in [3.63, 3.8) is 0 Å². The number of benzene rings is 1. The summed E-state index contributed by atoms with van der Waals surface area (Å²) in [6, 6.07) is 11.9. The Labute approximate surface area is 153 Å². The number of carbonyl (C=O) groups excluding carboxylic acids is 1. The summed E-state index contributed by atoms with van der Waals surface area (Å²) in [5.74, 6) is 0.667. The van der Waals surface area contributed by atoms with Crippen molar-refractivity contribution in [3.05, 3.63) is 59.9 Å². The van der Waals surface area contributed by atoms with Crippen LogP contribution in [0.2, 0.25) is 0 Å². The van der Waals surface area contributed by atoms with E-state index in [1.807, 2.05) is 48.2 Å². The second-order valence-electron chi connectivity index (χ2n) is 7.27. The Kier molecular flexibility index (Phi) is 4.41. The van der Waals surface area contributed by atoms with Crippen molar-refractivity contribution >= 4 is 16.8 Å². The van der Waals surface area contributed by atoms with Gasteiger partial charge in [-0.05, 0) is 49.4 Å². The van der Waals surface area contributed by atoms with Crippen molar-refractivity contribution in [2.45, 2.75) is 26.7 Å². The fourth-order valence-corrected chi connectivity index (χ4v) is 3.78. The average Bonchev–Trinajstić information content (AvgIpc) is 2.68. The molecule has 0 bridgehead atoms. The van der Waals surface area contributed by atoms with E-state index in [2.05, 4.69) is 11.9 Å². The molecular weight excluding hydrogens is 322 g/mol. The Morgan fingerprint density at radius 1 is 1.23 bits per heavy atom. The van der Waals surface area contributed by atoms with E-state index in [0.29, 0.717) is 5.92 Å². The lowest BCUT2D eigenvalue weighted by atomic mass is 9.97. The molecule has 0 saturated carbocycles. The van der Waals surface area contributed by atoms with Crippen LogP contribution >= 0.6 is 0 Å². The van der Waals surface area contributed by atoms with Crippen LogP contribution in [0.15, 0.2) is 48.8 Å². The van der Waals surface area contributed by atoms with Gasteiger partial charge in [-0.15, -0.1) is 0 Å². The van der Waals surface area contributed by atoms with E-state index in [1.165, 1.54) is 6.42 Å². The van der Waals surface area contributed by atoms with Gasteiger partial charge in [0.25, 0.3) is 5.91 Å². The maximum Gasteiger partial charge on any atom is 0.254 e. The quantitative estimate of drug-likeness (QED) is 0.688. The predicted molar refractivity (Wildman–Crippen MR) is 104 cm³/mol. The maximum absolute atomic E-state index is 13.3. The minimum atomic E-state index is 0.111. The summed E-state index contributed by atoms with van der Waals surface area (Å²) in [6.45, 7) is 5.92. The molecule has 0 unspecified atom stereocenters. The van der Waals surface area contributed by atoms with Crippen LogP contribution in [0.4, 0.5) is 0 Å². The number of aromatic nitrogens is 2. The van der Waals surface area contributed by atoms with E-state index < -0.39 is 0 Å². The highest BCUT2D eigenvalue weighted by atomic mass is 16.2. The molecule has 1 amide bonds. The number of hydrogen-bond donors (Lipinski definition) is 0. The van der Waals surface area contributed by atoms with Gasteiger partial charge in [0.05, 0.1) is 16.8 Å². The topological polar surface area (TPSA) is 46.1 Å². The number of hydrogen-bond acceptors (Lipinski definition) is 3. The fourth-order valence-electron chi connectivity index (χ4n) is 3.78. The Balaban J connectivity index is 1.87. The van der Waals surface area contributed by atoms with Crippen molar-refractivity contribution < 1.29 is 4.79 Å². The van der Waals surface area contributed by atoms with Crippen LogP contribution in [-0.4, -0.2) is 33.9 Å². The number of para-hydroxylation sites is 1. The molecule has 4 rings (SSSR count). The third kappa shape index (κ3) is 3.07. The molecule has 132 valence electrons. The summed E-state index contributed by atoms with van der Waals surface area (Å²) in [7, 11) is 0. The molecule has 1 aliphatic heterocycles. The molecular formula is C22H23N3O. The molecule has 1 fully saturated rings. The standard InChI is InChI=1S/C22H23N3O/c1-15-6-5-11-25(14-15)22(26)19-12-20(17-8-4-10-23-13-17)24-21-16(2)7-3-9-18(19)21/h3-4,7-10,12-13,15H,5-6,11,14H2,1-2H3/t15-/m1/s1. The highest BCUT2D eigenvalue weighted by Gasteiger charge is 2.24. The first-order valence-corrected chi connectivity index (χ1v) is 9.23. The zero-order valence-corrected chi connectivity index (χ0v) is 15.3. The van der Waals surface area contributed by atoms with Crippen LogP contribution in [0.3, 0.4) is 0 Å². The van der Waals surface area contributed by atoms with E-state index in [9.17, 15) is 4.79 Å². The predicted octanol–water partition coefficient (Wildman–Crippen LogP) is 4.48. The molecule has 4 nitrogen and oxygen atoms in total. The minimum absolute atomic E-state index is 0.111. The molecule has 1 atom stereocenters. The summed E-state index contributed by atoms with van der Waals surface area (Å²) in [6.07, 6.45) is 5.81. The van der Waals surface area contributed by atoms with Gasteiger partial charge in [0.1, 0.15) is 0 Å². The van der Waals surface area contributed by atoms with Crippen LogP contribution in [0.25, 0.3) is 22.2 Å². The molecule has 4 heteroatoms. The first-order chi connectivity index (χ1) is 12.6. The van der Waals surface area contributed by atoms with E-state index in [-0.39, 0.29) is 5.91 Å². The fraction of sp³-hybridized carbons (Fsp3) is 0.318. The van der Waals surface area contributed by atoms with E-state index in [0.717, 1.165) is 52.8 Å². The second-order valence-corrected chi connectivity index (χ2v) is 7.27. The molecule has 3 aromatic rings. The Hall–Kier alpha value is -2.75. The van der Waals surface area contributed by atoms with Crippen LogP contribution < -0.4 is 0 Å². The highest BCUT2D eigenvalue weighted by Crippen LogP contribution is 2.28. The van der Waals surface area contributed by atoms with Gasteiger partial charge >= 0.3 is 0 Å². The molecule has 3 heterocycles. The lowest BCUT2D eigenvalue weighted by Crippen LogP contribution is -2.39. The number of rotatable bonds is 2. The number of aryl methyl sites for hydroxylation is 1. The normalized spacial score (nSPS) is 17.5. The number of piperidine rings is 1. The first kappa shape index (κ1) is 16.7. The first-order valence-electron chi connectivity index (χ1n) is 9.23. The number of carbonyl (C=O) groups is 1. The third-order valence-electron chi connectivity index (χ3n) is 5.17. The van der Waals surface area contributed by atoms with Gasteiger partial charge in [-0.1, -0.05) is 25.1 Å². The summed E-state index contributed by atoms with van der Waals surface area (Å²) < 4.78 is 0. The largest absolute Gasteiger partial charge is 0.338 e. The lowest BCUT2D eigenvalue weighted by Gasteiger charge is -2.31. The maximum atomic E-state index is 13.3. The Morgan fingerprint density at radius 2 is 2.12 bits per heavy atom. The van der Waals surface area contributed by atoms with Crippen LogP contribution in [0.5, 0.6) is 0 Å². The zero-order valence-electron chi connectivity index (χ0n) is 15.3. The summed E-state index contributed by atoms with van der Waals surface area (Å²) in [5, 5.41) is 0.931. The van der Waals surface area contributed by atoms with Crippen molar-refractivity contribution in [3.8, 4) is 11.3 Å². The molecule has 2 aromatic heterocycles. The molecule has 0 aliphatic carbocycles. The van der Waals surface area contributed by atoms with Gasteiger partial charge in [0, 0.05) is 36.4 Å². The number of amides is 1. The van der Waals surface area contributed by atoms with Gasteiger partial charge in [-0.25, -0.2) is 4.98 Å². The number of nitrogens with zero attached hydrogens (tertiary/aromatic N) is 3. The highest BCUT2D eigenvalue weighted by molar-refractivity contribution is 6.07. The molecule has 0 N–H and O–H groups in total. The SMILES string of the molecule is Cc1cccc2c(C(=O)N3CCC[C@@H](C)C3)cc(-c3cccnc3)nc12. The number of fused-ring (bicyclic) bond motifs is 1. The Morgan fingerprint density at radius 3 is 2.88 bits per heavy atom. The van der Waals surface area contributed by atoms with Gasteiger partial charge in [-0.3, -0.25) is 9.78 Å². The monoisotopic (exact) mass is 345 g/mol. The van der Waals surface area contributed by atoms with Crippen molar-refractivity contribution in [2.24, 2.45) is 5.92 Å². The van der Waals surface area contributed by atoms with E-state index >= 15 is 0 Å². The molecule has 0 radical (unpaired) electrons. The van der Waals surface area contributed by atoms with Crippen molar-refractivity contribution in [1.29, 1.82) is 0 Å². The van der Waals surface area contributed by atoms with Crippen LogP contribution in [-0.2, 0) is 0 Å². The van der Waals surface area contributed by atoms with Crippen LogP contribution in [0.1, 0.15) is 35.7 Å². The number of likely N-dealkylation sites (tertiary alicyclic amines) is 1. The van der Waals surface area contributed by atoms with Crippen molar-refractivity contribution in [1.82, 2.24) is 14.9 Å². The molecule has 1 aliphatic rings. The average molecular weight is 345 g/mol. The van der Waals surface area contributed by atoms with Crippen LogP contribution in [0, 0.1) is 12.8 Å². The smallest absolute Gasteiger partial charge is 0.254 e. The summed E-state index contributed by atoms with van der Waals surface area (Å²) >= 11 is 0.